The summed E-state index contributed by atoms with van der Waals surface area (Å²) in [5.74, 6) is 0.165. The van der Waals surface area contributed by atoms with Crippen LogP contribution < -0.4 is 10.9 Å². The normalized spacial score (nSPS) is 11.8. The maximum atomic E-state index is 11.3. The molecule has 3 rings (SSSR count). The second-order valence-corrected chi connectivity index (χ2v) is 5.70. The van der Waals surface area contributed by atoms with Crippen molar-refractivity contribution in [3.05, 3.63) is 36.8 Å². The van der Waals surface area contributed by atoms with Crippen LogP contribution in [0.2, 0.25) is 0 Å². The van der Waals surface area contributed by atoms with Crippen LogP contribution in [0.15, 0.2) is 41.7 Å². The van der Waals surface area contributed by atoms with E-state index >= 15 is 0 Å². The van der Waals surface area contributed by atoms with Crippen molar-refractivity contribution in [1.82, 2.24) is 19.6 Å². The molecule has 20 heavy (non-hydrogen) atoms. The topological polar surface area (TPSA) is 129 Å². The van der Waals surface area contributed by atoms with Crippen molar-refractivity contribution in [3.8, 4) is 11.1 Å². The number of nitrogens with zero attached hydrogens (tertiary/aromatic N) is 4. The monoisotopic (exact) mass is 290 g/mol. The van der Waals surface area contributed by atoms with Crippen LogP contribution in [0.25, 0.3) is 16.8 Å². The highest BCUT2D eigenvalue weighted by atomic mass is 32.2. The summed E-state index contributed by atoms with van der Waals surface area (Å²) in [5.41, 5.74) is 7.42. The van der Waals surface area contributed by atoms with Gasteiger partial charge in [-0.2, -0.15) is 4.98 Å². The van der Waals surface area contributed by atoms with E-state index in [-0.39, 0.29) is 10.8 Å². The van der Waals surface area contributed by atoms with Gasteiger partial charge in [0.2, 0.25) is 16.0 Å². The number of primary sulfonamides is 1. The Labute approximate surface area is 114 Å². The predicted molar refractivity (Wildman–Crippen MR) is 72.0 cm³/mol. The first-order valence-corrected chi connectivity index (χ1v) is 7.08. The van der Waals surface area contributed by atoms with Crippen molar-refractivity contribution in [3.63, 3.8) is 0 Å². The van der Waals surface area contributed by atoms with Crippen molar-refractivity contribution in [2.75, 3.05) is 5.73 Å². The van der Waals surface area contributed by atoms with E-state index in [1.54, 1.807) is 24.5 Å². The Morgan fingerprint density at radius 3 is 2.70 bits per heavy atom. The lowest BCUT2D eigenvalue weighted by Gasteiger charge is -2.03. The number of anilines is 1. The number of nitrogen functional groups attached to an aromatic ring is 1. The van der Waals surface area contributed by atoms with E-state index in [0.717, 1.165) is 5.56 Å². The van der Waals surface area contributed by atoms with Crippen molar-refractivity contribution in [2.45, 2.75) is 4.90 Å². The Balaban J connectivity index is 2.15. The van der Waals surface area contributed by atoms with Crippen molar-refractivity contribution in [2.24, 2.45) is 5.14 Å². The van der Waals surface area contributed by atoms with E-state index < -0.39 is 10.0 Å². The molecular formula is C11H10N6O2S. The summed E-state index contributed by atoms with van der Waals surface area (Å²) in [6.45, 7) is 0. The molecular weight excluding hydrogens is 280 g/mol. The summed E-state index contributed by atoms with van der Waals surface area (Å²) in [5, 5.41) is 9.04. The summed E-state index contributed by atoms with van der Waals surface area (Å²) >= 11 is 0. The molecule has 3 aromatic heterocycles. The first-order chi connectivity index (χ1) is 9.43. The third kappa shape index (κ3) is 2.19. The van der Waals surface area contributed by atoms with E-state index in [4.69, 9.17) is 10.9 Å². The van der Waals surface area contributed by atoms with Gasteiger partial charge in [-0.1, -0.05) is 0 Å². The fourth-order valence-electron chi connectivity index (χ4n) is 1.81. The van der Waals surface area contributed by atoms with E-state index in [1.807, 2.05) is 0 Å². The minimum Gasteiger partial charge on any atom is -0.366 e. The van der Waals surface area contributed by atoms with E-state index in [0.29, 0.717) is 11.2 Å². The van der Waals surface area contributed by atoms with Crippen molar-refractivity contribution >= 4 is 21.6 Å². The SMILES string of the molecule is Nc1nc2cc(-c3cncc(S(N)(=O)=O)c3)ccn2n1. The molecule has 0 amide bonds. The molecule has 3 heterocycles. The minimum absolute atomic E-state index is 0.0455. The number of rotatable bonds is 2. The summed E-state index contributed by atoms with van der Waals surface area (Å²) < 4.78 is 24.2. The van der Waals surface area contributed by atoms with Crippen LogP contribution in [-0.4, -0.2) is 28.0 Å². The molecule has 0 saturated carbocycles. The molecule has 0 saturated heterocycles. The lowest BCUT2D eigenvalue weighted by atomic mass is 10.1. The van der Waals surface area contributed by atoms with Crippen LogP contribution >= 0.6 is 0 Å². The van der Waals surface area contributed by atoms with Gasteiger partial charge in [0.15, 0.2) is 5.65 Å². The summed E-state index contributed by atoms with van der Waals surface area (Å²) in [6, 6.07) is 4.94. The van der Waals surface area contributed by atoms with Crippen LogP contribution in [0.1, 0.15) is 0 Å². The Hall–Kier alpha value is -2.52. The molecule has 102 valence electrons. The molecule has 0 aliphatic heterocycles. The van der Waals surface area contributed by atoms with Crippen molar-refractivity contribution in [1.29, 1.82) is 0 Å². The van der Waals surface area contributed by atoms with Gasteiger partial charge >= 0.3 is 0 Å². The number of aromatic nitrogens is 4. The maximum Gasteiger partial charge on any atom is 0.240 e. The lowest BCUT2D eigenvalue weighted by molar-refractivity contribution is 0.597. The maximum absolute atomic E-state index is 11.3. The Morgan fingerprint density at radius 1 is 1.15 bits per heavy atom. The van der Waals surface area contributed by atoms with Gasteiger partial charge in [0.05, 0.1) is 0 Å². The highest BCUT2D eigenvalue weighted by Crippen LogP contribution is 2.22. The number of nitrogens with two attached hydrogens (primary N) is 2. The third-order valence-corrected chi connectivity index (χ3v) is 3.61. The van der Waals surface area contributed by atoms with Crippen molar-refractivity contribution < 1.29 is 8.42 Å². The number of hydrogen-bond acceptors (Lipinski definition) is 6. The Bertz CT molecular complexity index is 902. The van der Waals surface area contributed by atoms with Crippen LogP contribution in [0, 0.1) is 0 Å². The first-order valence-electron chi connectivity index (χ1n) is 5.53. The molecule has 0 radical (unpaired) electrons. The minimum atomic E-state index is -3.79. The molecule has 0 aliphatic carbocycles. The average molecular weight is 290 g/mol. The van der Waals surface area contributed by atoms with Gasteiger partial charge in [-0.15, -0.1) is 5.10 Å². The van der Waals surface area contributed by atoms with Gasteiger partial charge in [-0.3, -0.25) is 4.98 Å². The third-order valence-electron chi connectivity index (χ3n) is 2.73. The van der Waals surface area contributed by atoms with E-state index in [1.165, 1.54) is 16.8 Å². The van der Waals surface area contributed by atoms with Gasteiger partial charge in [0.25, 0.3) is 0 Å². The van der Waals surface area contributed by atoms with Crippen LogP contribution in [0.4, 0.5) is 5.95 Å². The average Bonchev–Trinajstić information content (AvgIpc) is 2.77. The molecule has 0 unspecified atom stereocenters. The fourth-order valence-corrected chi connectivity index (χ4v) is 2.31. The zero-order valence-electron chi connectivity index (χ0n) is 10.1. The van der Waals surface area contributed by atoms with Gasteiger partial charge in [-0.05, 0) is 23.8 Å². The van der Waals surface area contributed by atoms with Crippen LogP contribution in [-0.2, 0) is 10.0 Å². The molecule has 0 bridgehead atoms. The van der Waals surface area contributed by atoms with Gasteiger partial charge in [0, 0.05) is 24.2 Å². The molecule has 0 atom stereocenters. The molecule has 4 N–H and O–H groups in total. The summed E-state index contributed by atoms with van der Waals surface area (Å²) in [6.07, 6.45) is 4.42. The number of sulfonamides is 1. The number of fused-ring (bicyclic) bond motifs is 1. The second kappa shape index (κ2) is 4.25. The molecule has 3 aromatic rings. The molecule has 0 spiro atoms. The molecule has 9 heteroatoms. The summed E-state index contributed by atoms with van der Waals surface area (Å²) in [7, 11) is -3.79. The van der Waals surface area contributed by atoms with E-state index in [9.17, 15) is 8.42 Å². The van der Waals surface area contributed by atoms with Gasteiger partial charge in [-0.25, -0.2) is 18.1 Å². The van der Waals surface area contributed by atoms with Crippen LogP contribution in [0.3, 0.4) is 0 Å². The van der Waals surface area contributed by atoms with E-state index in [2.05, 4.69) is 15.1 Å². The second-order valence-electron chi connectivity index (χ2n) is 4.14. The highest BCUT2D eigenvalue weighted by molar-refractivity contribution is 7.89. The highest BCUT2D eigenvalue weighted by Gasteiger charge is 2.10. The summed E-state index contributed by atoms with van der Waals surface area (Å²) in [4.78, 5) is 7.88. The smallest absolute Gasteiger partial charge is 0.240 e. The van der Waals surface area contributed by atoms with Gasteiger partial charge < -0.3 is 5.73 Å². The van der Waals surface area contributed by atoms with Gasteiger partial charge in [0.1, 0.15) is 4.90 Å². The Kier molecular flexibility index (Phi) is 2.66. The Morgan fingerprint density at radius 2 is 1.95 bits per heavy atom. The zero-order chi connectivity index (χ0) is 14.3. The molecule has 0 aliphatic rings. The molecule has 0 aromatic carbocycles. The molecule has 8 nitrogen and oxygen atoms in total. The fraction of sp³-hybridized carbons (Fsp3) is 0. The lowest BCUT2D eigenvalue weighted by Crippen LogP contribution is -2.12. The molecule has 0 fully saturated rings. The number of hydrogen-bond donors (Lipinski definition) is 2. The zero-order valence-corrected chi connectivity index (χ0v) is 10.9. The largest absolute Gasteiger partial charge is 0.366 e. The van der Waals surface area contributed by atoms with Crippen LogP contribution in [0.5, 0.6) is 0 Å². The quantitative estimate of drug-likeness (QED) is 0.684. The predicted octanol–water partition coefficient (Wildman–Crippen LogP) is 0.0209. The first kappa shape index (κ1) is 12.5. The standard InChI is InChI=1S/C11H10N6O2S/c12-11-15-10-4-7(1-2-17(10)16-11)8-3-9(6-14-5-8)20(13,18)19/h1-6H,(H2,12,16)(H2,13,18,19). The number of pyridine rings is 2.